The van der Waals surface area contributed by atoms with E-state index in [1.54, 1.807) is 6.92 Å². The van der Waals surface area contributed by atoms with Crippen LogP contribution in [-0.2, 0) is 4.79 Å². The van der Waals surface area contributed by atoms with Gasteiger partial charge in [-0.05, 0) is 25.5 Å². The maximum Gasteiger partial charge on any atom is 0.129 e. The van der Waals surface area contributed by atoms with Crippen LogP contribution < -0.4 is 0 Å². The summed E-state index contributed by atoms with van der Waals surface area (Å²) in [5.41, 5.74) is 0. The van der Waals surface area contributed by atoms with E-state index in [4.69, 9.17) is 0 Å². The lowest BCUT2D eigenvalue weighted by molar-refractivity contribution is -0.117. The molecule has 0 unspecified atom stereocenters. The molecule has 108 valence electrons. The van der Waals surface area contributed by atoms with Crippen LogP contribution in [0.3, 0.4) is 0 Å². The van der Waals surface area contributed by atoms with E-state index in [2.05, 4.69) is 12.6 Å². The molecule has 0 rings (SSSR count). The molecule has 0 amide bonds. The van der Waals surface area contributed by atoms with E-state index in [0.717, 1.165) is 18.6 Å². The summed E-state index contributed by atoms with van der Waals surface area (Å²) in [5.74, 6) is 1.39. The molecule has 0 saturated carbocycles. The third kappa shape index (κ3) is 16.0. The van der Waals surface area contributed by atoms with Crippen molar-refractivity contribution in [3.63, 3.8) is 0 Å². The number of hydrogen-bond donors (Lipinski definition) is 1. The van der Waals surface area contributed by atoms with Gasteiger partial charge < -0.3 is 4.79 Å². The van der Waals surface area contributed by atoms with Crippen LogP contribution in [-0.4, -0.2) is 11.5 Å². The molecule has 0 spiro atoms. The fourth-order valence-electron chi connectivity index (χ4n) is 2.25. The fourth-order valence-corrected chi connectivity index (χ4v) is 2.48. The Bertz CT molecular complexity index is 180. The minimum Gasteiger partial charge on any atom is -0.300 e. The Morgan fingerprint density at radius 3 is 1.33 bits per heavy atom. The van der Waals surface area contributed by atoms with Gasteiger partial charge in [0.05, 0.1) is 0 Å². The second kappa shape index (κ2) is 15.1. The molecule has 0 aromatic rings. The zero-order chi connectivity index (χ0) is 13.5. The lowest BCUT2D eigenvalue weighted by atomic mass is 10.0. The van der Waals surface area contributed by atoms with Crippen molar-refractivity contribution in [1.29, 1.82) is 0 Å². The highest BCUT2D eigenvalue weighted by molar-refractivity contribution is 7.80. The number of unbranched alkanes of at least 4 members (excludes halogenated alkanes) is 11. The van der Waals surface area contributed by atoms with Gasteiger partial charge in [-0.15, -0.1) is 0 Å². The predicted octanol–water partition coefficient (Wildman–Crippen LogP) is 5.58. The molecule has 0 saturated heterocycles. The largest absolute Gasteiger partial charge is 0.300 e. The second-order valence-corrected chi connectivity index (χ2v) is 5.87. The van der Waals surface area contributed by atoms with Crippen molar-refractivity contribution >= 4 is 18.4 Å². The van der Waals surface area contributed by atoms with Crippen LogP contribution in [0.1, 0.15) is 90.4 Å². The molecule has 0 heterocycles. The number of Topliss-reactive ketones (excluding diaryl/α,β-unsaturated/α-hetero) is 1. The Balaban J connectivity index is 2.92. The van der Waals surface area contributed by atoms with Crippen molar-refractivity contribution in [3.8, 4) is 0 Å². The van der Waals surface area contributed by atoms with Gasteiger partial charge in [0, 0.05) is 6.42 Å². The molecule has 18 heavy (non-hydrogen) atoms. The molecule has 1 nitrogen and oxygen atoms in total. The summed E-state index contributed by atoms with van der Waals surface area (Å²) in [6, 6.07) is 0. The molecule has 0 bridgehead atoms. The van der Waals surface area contributed by atoms with Gasteiger partial charge in [0.1, 0.15) is 5.78 Å². The normalized spacial score (nSPS) is 10.8. The number of rotatable bonds is 14. The van der Waals surface area contributed by atoms with Gasteiger partial charge in [0.25, 0.3) is 0 Å². The summed E-state index contributed by atoms with van der Waals surface area (Å²) in [6.07, 6.45) is 16.9. The van der Waals surface area contributed by atoms with Gasteiger partial charge in [-0.1, -0.05) is 64.2 Å². The smallest absolute Gasteiger partial charge is 0.129 e. The molecule has 0 aromatic carbocycles. The maximum atomic E-state index is 10.7. The molecule has 0 fully saturated rings. The number of carbonyl (C=O) groups is 1. The minimum atomic E-state index is 0.341. The van der Waals surface area contributed by atoms with E-state index in [1.807, 2.05) is 0 Å². The monoisotopic (exact) mass is 272 g/mol. The molecule has 0 aliphatic carbocycles. The van der Waals surface area contributed by atoms with Crippen molar-refractivity contribution in [2.75, 3.05) is 5.75 Å². The summed E-state index contributed by atoms with van der Waals surface area (Å²) in [4.78, 5) is 10.7. The van der Waals surface area contributed by atoms with Gasteiger partial charge in [-0.3, -0.25) is 0 Å². The van der Waals surface area contributed by atoms with Gasteiger partial charge in [-0.25, -0.2) is 0 Å². The SMILES string of the molecule is CC(=O)CCCCCCCCCCCCCCS. The molecule has 0 atom stereocenters. The van der Waals surface area contributed by atoms with Gasteiger partial charge in [-0.2, -0.15) is 12.6 Å². The Kier molecular flexibility index (Phi) is 15.1. The zero-order valence-corrected chi connectivity index (χ0v) is 13.1. The molecule has 2 heteroatoms. The van der Waals surface area contributed by atoms with Crippen LogP contribution in [0.25, 0.3) is 0 Å². The van der Waals surface area contributed by atoms with Crippen LogP contribution in [0.4, 0.5) is 0 Å². The minimum absolute atomic E-state index is 0.341. The molecule has 0 radical (unpaired) electrons. The first-order chi connectivity index (χ1) is 8.77. The summed E-state index contributed by atoms with van der Waals surface area (Å²) in [5, 5.41) is 0. The maximum absolute atomic E-state index is 10.7. The lowest BCUT2D eigenvalue weighted by Crippen LogP contribution is -1.89. The van der Waals surface area contributed by atoms with Crippen LogP contribution in [0.15, 0.2) is 0 Å². The van der Waals surface area contributed by atoms with Crippen LogP contribution in [0.5, 0.6) is 0 Å². The third-order valence-corrected chi connectivity index (χ3v) is 3.75. The summed E-state index contributed by atoms with van der Waals surface area (Å²) < 4.78 is 0. The molecule has 0 N–H and O–H groups in total. The van der Waals surface area contributed by atoms with E-state index in [0.29, 0.717) is 5.78 Å². The Morgan fingerprint density at radius 2 is 1.00 bits per heavy atom. The van der Waals surface area contributed by atoms with Crippen molar-refractivity contribution < 1.29 is 4.79 Å². The summed E-state index contributed by atoms with van der Waals surface area (Å²) in [7, 11) is 0. The third-order valence-electron chi connectivity index (χ3n) is 3.44. The average molecular weight is 272 g/mol. The van der Waals surface area contributed by atoms with Crippen LogP contribution in [0.2, 0.25) is 0 Å². The van der Waals surface area contributed by atoms with E-state index in [1.165, 1.54) is 70.6 Å². The van der Waals surface area contributed by atoms with E-state index < -0.39 is 0 Å². The fraction of sp³-hybridized carbons (Fsp3) is 0.938. The number of hydrogen-bond acceptors (Lipinski definition) is 2. The molecule has 0 aliphatic heterocycles. The van der Waals surface area contributed by atoms with E-state index in [-0.39, 0.29) is 0 Å². The Morgan fingerprint density at radius 1 is 0.667 bits per heavy atom. The van der Waals surface area contributed by atoms with Gasteiger partial charge in [0.2, 0.25) is 0 Å². The second-order valence-electron chi connectivity index (χ2n) is 5.42. The van der Waals surface area contributed by atoms with Crippen LogP contribution in [0, 0.1) is 0 Å². The zero-order valence-electron chi connectivity index (χ0n) is 12.3. The standard InChI is InChI=1S/C16H32OS/c1-16(17)14-12-10-8-6-4-2-3-5-7-9-11-13-15-18/h18H,2-15H2,1H3. The number of carbonyl (C=O) groups excluding carboxylic acids is 1. The summed E-state index contributed by atoms with van der Waals surface area (Å²) in [6.45, 7) is 1.69. The molecular formula is C16H32OS. The first-order valence-corrected chi connectivity index (χ1v) is 8.51. The highest BCUT2D eigenvalue weighted by Gasteiger charge is 1.95. The van der Waals surface area contributed by atoms with Gasteiger partial charge in [0.15, 0.2) is 0 Å². The van der Waals surface area contributed by atoms with Crippen molar-refractivity contribution in [1.82, 2.24) is 0 Å². The average Bonchev–Trinajstić information content (AvgIpc) is 2.34. The van der Waals surface area contributed by atoms with Crippen LogP contribution >= 0.6 is 12.6 Å². The highest BCUT2D eigenvalue weighted by atomic mass is 32.1. The first-order valence-electron chi connectivity index (χ1n) is 7.87. The van der Waals surface area contributed by atoms with Crippen molar-refractivity contribution in [3.05, 3.63) is 0 Å². The van der Waals surface area contributed by atoms with E-state index >= 15 is 0 Å². The first kappa shape index (κ1) is 18.0. The highest BCUT2D eigenvalue weighted by Crippen LogP contribution is 2.12. The Hall–Kier alpha value is 0.0200. The number of ketones is 1. The molecular weight excluding hydrogens is 240 g/mol. The van der Waals surface area contributed by atoms with Crippen molar-refractivity contribution in [2.24, 2.45) is 0 Å². The predicted molar refractivity (Wildman–Crippen MR) is 84.6 cm³/mol. The topological polar surface area (TPSA) is 17.1 Å². The Labute approximate surface area is 120 Å². The van der Waals surface area contributed by atoms with Crippen molar-refractivity contribution in [2.45, 2.75) is 90.4 Å². The molecule has 0 aromatic heterocycles. The number of thiol groups is 1. The summed E-state index contributed by atoms with van der Waals surface area (Å²) >= 11 is 4.22. The quantitative estimate of drug-likeness (QED) is 0.323. The lowest BCUT2D eigenvalue weighted by Gasteiger charge is -2.02. The van der Waals surface area contributed by atoms with Gasteiger partial charge >= 0.3 is 0 Å². The van der Waals surface area contributed by atoms with E-state index in [9.17, 15) is 4.79 Å². The molecule has 0 aliphatic rings.